The topological polar surface area (TPSA) is 20.2 Å². The number of hydrogen-bond donors (Lipinski definition) is 1. The van der Waals surface area contributed by atoms with Crippen LogP contribution >= 0.6 is 15.9 Å². The van der Waals surface area contributed by atoms with Crippen LogP contribution in [0.1, 0.15) is 31.7 Å². The van der Waals surface area contributed by atoms with Gasteiger partial charge in [0.05, 0.1) is 5.60 Å². The van der Waals surface area contributed by atoms with Crippen LogP contribution < -0.4 is 0 Å². The molecule has 88 valence electrons. The molecule has 0 spiro atoms. The van der Waals surface area contributed by atoms with Crippen molar-refractivity contribution in [1.29, 1.82) is 0 Å². The van der Waals surface area contributed by atoms with Gasteiger partial charge in [-0.1, -0.05) is 22.9 Å². The van der Waals surface area contributed by atoms with Crippen LogP contribution in [0.3, 0.4) is 0 Å². The van der Waals surface area contributed by atoms with Crippen LogP contribution in [0.5, 0.6) is 0 Å². The van der Waals surface area contributed by atoms with Crippen LogP contribution in [0, 0.1) is 11.7 Å². The highest BCUT2D eigenvalue weighted by Gasteiger charge is 2.42. The van der Waals surface area contributed by atoms with E-state index in [0.29, 0.717) is 12.3 Å². The first kappa shape index (κ1) is 12.1. The Kier molecular flexibility index (Phi) is 3.36. The Morgan fingerprint density at radius 2 is 2.19 bits per heavy atom. The first-order valence-corrected chi connectivity index (χ1v) is 6.51. The second-order valence-electron chi connectivity index (χ2n) is 4.64. The molecule has 1 nitrogen and oxygen atoms in total. The molecule has 1 saturated carbocycles. The summed E-state index contributed by atoms with van der Waals surface area (Å²) in [6.07, 6.45) is 3.45. The Morgan fingerprint density at radius 1 is 1.50 bits per heavy atom. The standard InChI is InChI=1S/C13H16BrFO/c1-2-13(16,10-3-4-10)8-9-7-11(15)5-6-12(9)14/h5-7,10,16H,2-4,8H2,1H3. The van der Waals surface area contributed by atoms with E-state index in [1.54, 1.807) is 6.07 Å². The predicted octanol–water partition coefficient (Wildman–Crippen LogP) is 3.68. The molecule has 0 radical (unpaired) electrons. The normalized spacial score (nSPS) is 19.5. The van der Waals surface area contributed by atoms with Gasteiger partial charge < -0.3 is 5.11 Å². The van der Waals surface area contributed by atoms with Gasteiger partial charge in [0.15, 0.2) is 0 Å². The first-order valence-electron chi connectivity index (χ1n) is 5.71. The van der Waals surface area contributed by atoms with Crippen LogP contribution in [0.4, 0.5) is 4.39 Å². The number of aliphatic hydroxyl groups is 1. The molecular formula is C13H16BrFO. The third-order valence-electron chi connectivity index (χ3n) is 3.45. The molecule has 1 unspecified atom stereocenters. The quantitative estimate of drug-likeness (QED) is 0.895. The highest BCUT2D eigenvalue weighted by atomic mass is 79.9. The third-order valence-corrected chi connectivity index (χ3v) is 4.23. The highest BCUT2D eigenvalue weighted by molar-refractivity contribution is 9.10. The third kappa shape index (κ3) is 2.46. The molecule has 1 aromatic carbocycles. The average molecular weight is 287 g/mol. The van der Waals surface area contributed by atoms with Crippen LogP contribution in [-0.4, -0.2) is 10.7 Å². The summed E-state index contributed by atoms with van der Waals surface area (Å²) >= 11 is 3.40. The second kappa shape index (κ2) is 4.46. The van der Waals surface area contributed by atoms with E-state index in [1.807, 2.05) is 6.92 Å². The van der Waals surface area contributed by atoms with Gasteiger partial charge in [-0.25, -0.2) is 4.39 Å². The highest BCUT2D eigenvalue weighted by Crippen LogP contribution is 2.43. The fourth-order valence-corrected chi connectivity index (χ4v) is 2.57. The molecule has 1 N–H and O–H groups in total. The van der Waals surface area contributed by atoms with Crippen LogP contribution in [-0.2, 0) is 6.42 Å². The van der Waals surface area contributed by atoms with Crippen molar-refractivity contribution in [2.45, 2.75) is 38.2 Å². The van der Waals surface area contributed by atoms with E-state index in [1.165, 1.54) is 12.1 Å². The molecule has 0 bridgehead atoms. The van der Waals surface area contributed by atoms with Gasteiger partial charge in [-0.3, -0.25) is 0 Å². The largest absolute Gasteiger partial charge is 0.389 e. The zero-order chi connectivity index (χ0) is 11.8. The number of halogens is 2. The van der Waals surface area contributed by atoms with E-state index in [4.69, 9.17) is 0 Å². The summed E-state index contributed by atoms with van der Waals surface area (Å²) in [5, 5.41) is 10.5. The minimum atomic E-state index is -0.656. The van der Waals surface area contributed by atoms with Gasteiger partial charge in [0.1, 0.15) is 5.82 Å². The summed E-state index contributed by atoms with van der Waals surface area (Å²) in [7, 11) is 0. The maximum Gasteiger partial charge on any atom is 0.123 e. The minimum Gasteiger partial charge on any atom is -0.389 e. The lowest BCUT2D eigenvalue weighted by Crippen LogP contribution is -2.33. The van der Waals surface area contributed by atoms with E-state index in [2.05, 4.69) is 15.9 Å². The molecule has 0 saturated heterocycles. The van der Waals surface area contributed by atoms with Crippen molar-refractivity contribution in [3.63, 3.8) is 0 Å². The Bertz CT molecular complexity index is 390. The first-order chi connectivity index (χ1) is 7.55. The summed E-state index contributed by atoms with van der Waals surface area (Å²) in [6, 6.07) is 4.64. The van der Waals surface area contributed by atoms with Crippen molar-refractivity contribution >= 4 is 15.9 Å². The molecule has 1 atom stereocenters. The van der Waals surface area contributed by atoms with Gasteiger partial charge in [-0.2, -0.15) is 0 Å². The summed E-state index contributed by atoms with van der Waals surface area (Å²) in [6.45, 7) is 1.99. The fourth-order valence-electron chi connectivity index (χ4n) is 2.19. The molecule has 1 aliphatic rings. The van der Waals surface area contributed by atoms with Crippen molar-refractivity contribution in [2.75, 3.05) is 0 Å². The lowest BCUT2D eigenvalue weighted by Gasteiger charge is -2.27. The molecule has 16 heavy (non-hydrogen) atoms. The molecule has 2 rings (SSSR count). The Hall–Kier alpha value is -0.410. The van der Waals surface area contributed by atoms with E-state index in [9.17, 15) is 9.50 Å². The van der Waals surface area contributed by atoms with E-state index < -0.39 is 5.60 Å². The Balaban J connectivity index is 2.21. The van der Waals surface area contributed by atoms with Crippen molar-refractivity contribution in [1.82, 2.24) is 0 Å². The average Bonchev–Trinajstić information content (AvgIpc) is 3.07. The molecular weight excluding hydrogens is 271 g/mol. The molecule has 0 aromatic heterocycles. The van der Waals surface area contributed by atoms with E-state index >= 15 is 0 Å². The summed E-state index contributed by atoms with van der Waals surface area (Å²) in [4.78, 5) is 0. The van der Waals surface area contributed by atoms with Crippen molar-refractivity contribution in [2.24, 2.45) is 5.92 Å². The lowest BCUT2D eigenvalue weighted by atomic mass is 9.87. The van der Waals surface area contributed by atoms with Gasteiger partial charge in [-0.15, -0.1) is 0 Å². The zero-order valence-electron chi connectivity index (χ0n) is 9.34. The van der Waals surface area contributed by atoms with Gasteiger partial charge in [0.25, 0.3) is 0 Å². The minimum absolute atomic E-state index is 0.243. The van der Waals surface area contributed by atoms with E-state index in [-0.39, 0.29) is 5.82 Å². The smallest absolute Gasteiger partial charge is 0.123 e. The van der Waals surface area contributed by atoms with Crippen molar-refractivity contribution in [3.8, 4) is 0 Å². The van der Waals surface area contributed by atoms with Crippen LogP contribution in [0.15, 0.2) is 22.7 Å². The van der Waals surface area contributed by atoms with Crippen LogP contribution in [0.25, 0.3) is 0 Å². The molecule has 1 fully saturated rings. The molecule has 1 aliphatic carbocycles. The Labute approximate surface area is 104 Å². The van der Waals surface area contributed by atoms with Crippen molar-refractivity contribution < 1.29 is 9.50 Å². The number of benzene rings is 1. The molecule has 0 heterocycles. The number of rotatable bonds is 4. The van der Waals surface area contributed by atoms with Gasteiger partial charge in [-0.05, 0) is 48.9 Å². The zero-order valence-corrected chi connectivity index (χ0v) is 10.9. The molecule has 3 heteroatoms. The van der Waals surface area contributed by atoms with Crippen LogP contribution in [0.2, 0.25) is 0 Å². The summed E-state index contributed by atoms with van der Waals surface area (Å²) in [5.41, 5.74) is 0.201. The second-order valence-corrected chi connectivity index (χ2v) is 5.50. The molecule has 0 amide bonds. The predicted molar refractivity (Wildman–Crippen MR) is 65.8 cm³/mol. The maximum atomic E-state index is 13.1. The Morgan fingerprint density at radius 3 is 2.75 bits per heavy atom. The van der Waals surface area contributed by atoms with Gasteiger partial charge >= 0.3 is 0 Å². The van der Waals surface area contributed by atoms with Gasteiger partial charge in [0, 0.05) is 10.9 Å². The van der Waals surface area contributed by atoms with Crippen molar-refractivity contribution in [3.05, 3.63) is 34.1 Å². The fraction of sp³-hybridized carbons (Fsp3) is 0.538. The van der Waals surface area contributed by atoms with E-state index in [0.717, 1.165) is 29.3 Å². The SMILES string of the molecule is CCC(O)(Cc1cc(F)ccc1Br)C1CC1. The maximum absolute atomic E-state index is 13.1. The lowest BCUT2D eigenvalue weighted by molar-refractivity contribution is 0.0137. The molecule has 0 aliphatic heterocycles. The summed E-state index contributed by atoms with van der Waals surface area (Å²) in [5.74, 6) is 0.153. The number of hydrogen-bond acceptors (Lipinski definition) is 1. The molecule has 1 aromatic rings. The summed E-state index contributed by atoms with van der Waals surface area (Å²) < 4.78 is 14.0. The van der Waals surface area contributed by atoms with Gasteiger partial charge in [0.2, 0.25) is 0 Å². The monoisotopic (exact) mass is 286 g/mol.